The first-order valence-corrected chi connectivity index (χ1v) is 8.65. The number of halogens is 1. The van der Waals surface area contributed by atoms with Crippen LogP contribution in [-0.2, 0) is 6.54 Å². The molecule has 1 fully saturated rings. The Bertz CT molecular complexity index is 560. The third-order valence-electron chi connectivity index (χ3n) is 4.47. The first-order valence-electron chi connectivity index (χ1n) is 8.65. The highest BCUT2D eigenvalue weighted by molar-refractivity contribution is 5.79. The number of piperazine rings is 1. The summed E-state index contributed by atoms with van der Waals surface area (Å²) in [6.45, 7) is 9.30. The average Bonchev–Trinajstić information content (AvgIpc) is 2.56. The van der Waals surface area contributed by atoms with Gasteiger partial charge in [-0.15, -0.1) is 0 Å². The van der Waals surface area contributed by atoms with E-state index in [1.54, 1.807) is 13.0 Å². The van der Waals surface area contributed by atoms with E-state index in [0.717, 1.165) is 44.2 Å². The predicted octanol–water partition coefficient (Wildman–Crippen LogP) is 1.44. The van der Waals surface area contributed by atoms with E-state index >= 15 is 0 Å². The maximum absolute atomic E-state index is 13.3. The fourth-order valence-corrected chi connectivity index (χ4v) is 2.85. The highest BCUT2D eigenvalue weighted by Crippen LogP contribution is 2.10. The van der Waals surface area contributed by atoms with Gasteiger partial charge in [0.2, 0.25) is 0 Å². The Morgan fingerprint density at radius 1 is 1.29 bits per heavy atom. The second-order valence-electron chi connectivity index (χ2n) is 6.56. The van der Waals surface area contributed by atoms with E-state index in [2.05, 4.69) is 46.4 Å². The summed E-state index contributed by atoms with van der Waals surface area (Å²) < 4.78 is 13.3. The Kier molecular flexibility index (Phi) is 6.99. The van der Waals surface area contributed by atoms with Crippen molar-refractivity contribution >= 4 is 5.96 Å². The van der Waals surface area contributed by atoms with Crippen molar-refractivity contribution in [2.24, 2.45) is 4.99 Å². The number of aliphatic imine (C=N–C) groups is 1. The Morgan fingerprint density at radius 3 is 2.79 bits per heavy atom. The van der Waals surface area contributed by atoms with Crippen molar-refractivity contribution in [2.75, 3.05) is 46.8 Å². The SMILES string of the molecule is CCNC(=NCc1ccc(F)c(C)c1)NCC1CN(C)CCN1C. The predicted molar refractivity (Wildman–Crippen MR) is 97.9 cm³/mol. The lowest BCUT2D eigenvalue weighted by molar-refractivity contribution is 0.116. The molecule has 2 N–H and O–H groups in total. The molecule has 0 spiro atoms. The molecule has 1 atom stereocenters. The summed E-state index contributed by atoms with van der Waals surface area (Å²) in [6, 6.07) is 5.62. The molecule has 1 saturated heterocycles. The first kappa shape index (κ1) is 18.7. The van der Waals surface area contributed by atoms with Crippen LogP contribution in [0.25, 0.3) is 0 Å². The smallest absolute Gasteiger partial charge is 0.191 e. The van der Waals surface area contributed by atoms with E-state index in [1.807, 2.05) is 6.07 Å². The molecule has 24 heavy (non-hydrogen) atoms. The van der Waals surface area contributed by atoms with Crippen LogP contribution in [0.1, 0.15) is 18.1 Å². The van der Waals surface area contributed by atoms with Crippen LogP contribution in [0.2, 0.25) is 0 Å². The molecule has 0 radical (unpaired) electrons. The molecule has 1 aliphatic heterocycles. The third-order valence-corrected chi connectivity index (χ3v) is 4.47. The molecule has 0 aromatic heterocycles. The van der Waals surface area contributed by atoms with Crippen LogP contribution in [0.3, 0.4) is 0 Å². The summed E-state index contributed by atoms with van der Waals surface area (Å²) in [6.07, 6.45) is 0. The lowest BCUT2D eigenvalue weighted by atomic mass is 10.1. The topological polar surface area (TPSA) is 42.9 Å². The molecule has 5 nitrogen and oxygen atoms in total. The number of benzene rings is 1. The van der Waals surface area contributed by atoms with Crippen molar-refractivity contribution < 1.29 is 4.39 Å². The zero-order chi connectivity index (χ0) is 17.5. The van der Waals surface area contributed by atoms with E-state index in [-0.39, 0.29) is 5.82 Å². The minimum absolute atomic E-state index is 0.169. The van der Waals surface area contributed by atoms with Crippen LogP contribution in [0.4, 0.5) is 4.39 Å². The maximum Gasteiger partial charge on any atom is 0.191 e. The van der Waals surface area contributed by atoms with Gasteiger partial charge in [-0.25, -0.2) is 9.38 Å². The fourth-order valence-electron chi connectivity index (χ4n) is 2.85. The van der Waals surface area contributed by atoms with Crippen molar-refractivity contribution in [1.29, 1.82) is 0 Å². The number of hydrogen-bond donors (Lipinski definition) is 2. The Labute approximate surface area is 144 Å². The third kappa shape index (κ3) is 5.46. The van der Waals surface area contributed by atoms with Gasteiger partial charge in [0, 0.05) is 38.8 Å². The summed E-state index contributed by atoms with van der Waals surface area (Å²) >= 11 is 0. The van der Waals surface area contributed by atoms with E-state index < -0.39 is 0 Å². The van der Waals surface area contributed by atoms with Crippen LogP contribution >= 0.6 is 0 Å². The molecule has 1 unspecified atom stereocenters. The van der Waals surface area contributed by atoms with Crippen LogP contribution in [0.15, 0.2) is 23.2 Å². The molecule has 1 aliphatic rings. The van der Waals surface area contributed by atoms with Gasteiger partial charge in [-0.05, 0) is 45.1 Å². The van der Waals surface area contributed by atoms with E-state index in [9.17, 15) is 4.39 Å². The Hall–Kier alpha value is -1.66. The molecule has 0 amide bonds. The van der Waals surface area contributed by atoms with E-state index in [0.29, 0.717) is 18.2 Å². The Morgan fingerprint density at radius 2 is 2.08 bits per heavy atom. The van der Waals surface area contributed by atoms with Crippen molar-refractivity contribution in [2.45, 2.75) is 26.4 Å². The number of nitrogens with one attached hydrogen (secondary N) is 2. The van der Waals surface area contributed by atoms with Gasteiger partial charge in [0.15, 0.2) is 5.96 Å². The summed E-state index contributed by atoms with van der Waals surface area (Å²) in [4.78, 5) is 9.37. The quantitative estimate of drug-likeness (QED) is 0.631. The molecule has 1 aromatic rings. The zero-order valence-corrected chi connectivity index (χ0v) is 15.3. The van der Waals surface area contributed by atoms with Crippen molar-refractivity contribution in [3.05, 3.63) is 35.1 Å². The lowest BCUT2D eigenvalue weighted by Gasteiger charge is -2.37. The number of nitrogens with zero attached hydrogens (tertiary/aromatic N) is 3. The van der Waals surface area contributed by atoms with E-state index in [4.69, 9.17) is 0 Å². The molecular formula is C18H30FN5. The second-order valence-corrected chi connectivity index (χ2v) is 6.56. The molecule has 2 rings (SSSR count). The van der Waals surface area contributed by atoms with Gasteiger partial charge in [0.1, 0.15) is 5.82 Å². The van der Waals surface area contributed by atoms with Crippen LogP contribution in [0.5, 0.6) is 0 Å². The summed E-state index contributed by atoms with van der Waals surface area (Å²) in [5.74, 6) is 0.637. The van der Waals surface area contributed by atoms with Gasteiger partial charge >= 0.3 is 0 Å². The summed E-state index contributed by atoms with van der Waals surface area (Å²) in [5.41, 5.74) is 1.67. The summed E-state index contributed by atoms with van der Waals surface area (Å²) in [5, 5.41) is 6.71. The Balaban J connectivity index is 1.93. The van der Waals surface area contributed by atoms with Gasteiger partial charge < -0.3 is 15.5 Å². The molecule has 6 heteroatoms. The minimum atomic E-state index is -0.169. The first-order chi connectivity index (χ1) is 11.5. The van der Waals surface area contributed by atoms with Gasteiger partial charge in [-0.1, -0.05) is 12.1 Å². The van der Waals surface area contributed by atoms with E-state index in [1.165, 1.54) is 6.07 Å². The van der Waals surface area contributed by atoms with Gasteiger partial charge in [-0.3, -0.25) is 4.90 Å². The molecule has 1 heterocycles. The number of likely N-dealkylation sites (N-methyl/N-ethyl adjacent to an activating group) is 2. The molecule has 0 aliphatic carbocycles. The number of aryl methyl sites for hydroxylation is 1. The molecule has 0 saturated carbocycles. The van der Waals surface area contributed by atoms with Gasteiger partial charge in [0.05, 0.1) is 6.54 Å². The molecule has 1 aromatic carbocycles. The van der Waals surface area contributed by atoms with Gasteiger partial charge in [0.25, 0.3) is 0 Å². The normalized spacial score (nSPS) is 20.2. The highest BCUT2D eigenvalue weighted by Gasteiger charge is 2.21. The molecular weight excluding hydrogens is 305 g/mol. The lowest BCUT2D eigenvalue weighted by Crippen LogP contribution is -2.55. The largest absolute Gasteiger partial charge is 0.357 e. The second kappa shape index (κ2) is 8.99. The average molecular weight is 335 g/mol. The monoisotopic (exact) mass is 335 g/mol. The van der Waals surface area contributed by atoms with Gasteiger partial charge in [-0.2, -0.15) is 0 Å². The number of hydrogen-bond acceptors (Lipinski definition) is 3. The van der Waals surface area contributed by atoms with Crippen LogP contribution < -0.4 is 10.6 Å². The van der Waals surface area contributed by atoms with Crippen LogP contribution in [-0.4, -0.2) is 68.6 Å². The maximum atomic E-state index is 13.3. The van der Waals surface area contributed by atoms with Crippen molar-refractivity contribution in [3.8, 4) is 0 Å². The number of rotatable bonds is 5. The fraction of sp³-hybridized carbons (Fsp3) is 0.611. The van der Waals surface area contributed by atoms with Crippen molar-refractivity contribution in [1.82, 2.24) is 20.4 Å². The minimum Gasteiger partial charge on any atom is -0.357 e. The zero-order valence-electron chi connectivity index (χ0n) is 15.3. The standard InChI is InChI=1S/C18H30FN5/c1-5-20-18(21-11-15-6-7-17(19)14(2)10-15)22-12-16-13-23(3)8-9-24(16)4/h6-7,10,16H,5,8-9,11-13H2,1-4H3,(H2,20,21,22). The number of guanidine groups is 1. The highest BCUT2D eigenvalue weighted by atomic mass is 19.1. The van der Waals surface area contributed by atoms with Crippen molar-refractivity contribution in [3.63, 3.8) is 0 Å². The summed E-state index contributed by atoms with van der Waals surface area (Å²) in [7, 11) is 4.33. The molecule has 0 bridgehead atoms. The van der Waals surface area contributed by atoms with Crippen LogP contribution in [0, 0.1) is 12.7 Å². The molecule has 134 valence electrons.